The molecule has 5 heteroatoms. The molecule has 0 radical (unpaired) electrons. The van der Waals surface area contributed by atoms with E-state index in [1.54, 1.807) is 0 Å². The Labute approximate surface area is 200 Å². The van der Waals surface area contributed by atoms with Crippen LogP contribution in [0.3, 0.4) is 0 Å². The molecule has 1 aromatic carbocycles. The van der Waals surface area contributed by atoms with Crippen molar-refractivity contribution in [2.24, 2.45) is 5.92 Å². The number of unbranched alkanes of at least 4 members (excludes halogenated alkanes) is 3. The van der Waals surface area contributed by atoms with Crippen molar-refractivity contribution in [3.05, 3.63) is 35.4 Å². The molecular weight excluding hydrogens is 410 g/mol. The number of rotatable bonds is 8. The average molecular weight is 454 g/mol. The summed E-state index contributed by atoms with van der Waals surface area (Å²) in [6, 6.07) is 9.34. The van der Waals surface area contributed by atoms with Crippen molar-refractivity contribution in [2.75, 3.05) is 26.2 Å². The molecule has 2 aliphatic heterocycles. The topological polar surface area (TPSA) is 52.7 Å². The third-order valence-electron chi connectivity index (χ3n) is 8.16. The highest BCUT2D eigenvalue weighted by Crippen LogP contribution is 2.31. The van der Waals surface area contributed by atoms with Gasteiger partial charge in [-0.25, -0.2) is 0 Å². The maximum absolute atomic E-state index is 13.0. The Kier molecular flexibility index (Phi) is 8.82. The number of nitrogens with zero attached hydrogens (tertiary/aromatic N) is 2. The minimum absolute atomic E-state index is 0.139. The molecule has 4 rings (SSSR count). The number of carbonyl (C=O) groups is 2. The lowest BCUT2D eigenvalue weighted by atomic mass is 9.86. The zero-order valence-corrected chi connectivity index (χ0v) is 20.6. The zero-order chi connectivity index (χ0) is 23.0. The molecule has 1 aliphatic carbocycles. The van der Waals surface area contributed by atoms with Crippen molar-refractivity contribution in [1.82, 2.24) is 15.1 Å². The number of hydrogen-bond acceptors (Lipinski definition) is 3. The number of hydrogen-bond donors (Lipinski definition) is 1. The maximum atomic E-state index is 13.0. The third kappa shape index (κ3) is 6.38. The molecule has 182 valence electrons. The summed E-state index contributed by atoms with van der Waals surface area (Å²) in [4.78, 5) is 30.2. The van der Waals surface area contributed by atoms with Crippen molar-refractivity contribution in [2.45, 2.75) is 96.1 Å². The van der Waals surface area contributed by atoms with Crippen LogP contribution in [-0.4, -0.2) is 53.8 Å². The van der Waals surface area contributed by atoms with Gasteiger partial charge in [0.25, 0.3) is 0 Å². The lowest BCUT2D eigenvalue weighted by Gasteiger charge is -2.41. The Morgan fingerprint density at radius 1 is 0.939 bits per heavy atom. The highest BCUT2D eigenvalue weighted by Gasteiger charge is 2.32. The van der Waals surface area contributed by atoms with Crippen LogP contribution in [0.2, 0.25) is 0 Å². The smallest absolute Gasteiger partial charge is 0.223 e. The van der Waals surface area contributed by atoms with Gasteiger partial charge in [0.15, 0.2) is 0 Å². The summed E-state index contributed by atoms with van der Waals surface area (Å²) in [5, 5.41) is 3.38. The number of nitrogens with one attached hydrogen (secondary N) is 1. The number of likely N-dealkylation sites (tertiary alicyclic amines) is 2. The van der Waals surface area contributed by atoms with Crippen LogP contribution in [0.25, 0.3) is 0 Å². The fourth-order valence-electron chi connectivity index (χ4n) is 6.06. The van der Waals surface area contributed by atoms with Gasteiger partial charge >= 0.3 is 0 Å². The molecular formula is C28H43N3O2. The molecule has 33 heavy (non-hydrogen) atoms. The van der Waals surface area contributed by atoms with E-state index in [0.717, 1.165) is 84.0 Å². The monoisotopic (exact) mass is 453 g/mol. The van der Waals surface area contributed by atoms with Gasteiger partial charge in [-0.2, -0.15) is 0 Å². The maximum Gasteiger partial charge on any atom is 0.223 e. The predicted molar refractivity (Wildman–Crippen MR) is 133 cm³/mol. The van der Waals surface area contributed by atoms with Gasteiger partial charge in [0.05, 0.1) is 6.04 Å². The first-order valence-electron chi connectivity index (χ1n) is 13.6. The van der Waals surface area contributed by atoms with Gasteiger partial charge in [0, 0.05) is 31.5 Å². The summed E-state index contributed by atoms with van der Waals surface area (Å²) in [6.07, 6.45) is 12.8. The fraction of sp³-hybridized carbons (Fsp3) is 0.714. The quantitative estimate of drug-likeness (QED) is 0.572. The number of piperidine rings is 2. The molecule has 2 fully saturated rings. The fourth-order valence-corrected chi connectivity index (χ4v) is 6.06. The van der Waals surface area contributed by atoms with E-state index in [4.69, 9.17) is 0 Å². The van der Waals surface area contributed by atoms with Crippen LogP contribution >= 0.6 is 0 Å². The number of amides is 2. The lowest BCUT2D eigenvalue weighted by molar-refractivity contribution is -0.133. The van der Waals surface area contributed by atoms with E-state index in [9.17, 15) is 9.59 Å². The van der Waals surface area contributed by atoms with E-state index in [1.165, 1.54) is 30.4 Å². The predicted octanol–water partition coefficient (Wildman–Crippen LogP) is 4.85. The van der Waals surface area contributed by atoms with E-state index < -0.39 is 0 Å². The molecule has 0 saturated carbocycles. The average Bonchev–Trinajstić information content (AvgIpc) is 2.87. The first-order chi connectivity index (χ1) is 16.2. The molecule has 2 saturated heterocycles. The number of benzene rings is 1. The molecule has 3 aliphatic rings. The molecule has 2 heterocycles. The summed E-state index contributed by atoms with van der Waals surface area (Å²) < 4.78 is 0. The molecule has 2 amide bonds. The summed E-state index contributed by atoms with van der Waals surface area (Å²) in [5.41, 5.74) is 2.72. The number of carbonyl (C=O) groups excluding carboxylic acids is 2. The molecule has 0 aromatic heterocycles. The van der Waals surface area contributed by atoms with Crippen molar-refractivity contribution >= 4 is 11.8 Å². The van der Waals surface area contributed by atoms with Crippen LogP contribution in [0.15, 0.2) is 24.3 Å². The Bertz CT molecular complexity index is 779. The molecule has 5 nitrogen and oxygen atoms in total. The van der Waals surface area contributed by atoms with Crippen LogP contribution in [0, 0.1) is 5.92 Å². The molecule has 1 atom stereocenters. The zero-order valence-electron chi connectivity index (χ0n) is 20.6. The van der Waals surface area contributed by atoms with Crippen LogP contribution in [0.5, 0.6) is 0 Å². The summed E-state index contributed by atoms with van der Waals surface area (Å²) in [7, 11) is 0. The Balaban J connectivity index is 1.18. The number of aryl methyl sites for hydroxylation is 1. The Morgan fingerprint density at radius 2 is 1.70 bits per heavy atom. The van der Waals surface area contributed by atoms with E-state index in [1.807, 2.05) is 0 Å². The summed E-state index contributed by atoms with van der Waals surface area (Å²) in [6.45, 7) is 6.03. The highest BCUT2D eigenvalue weighted by molar-refractivity contribution is 5.79. The van der Waals surface area contributed by atoms with Gasteiger partial charge in [0.2, 0.25) is 11.8 Å². The molecule has 0 bridgehead atoms. The minimum atomic E-state index is 0.139. The Morgan fingerprint density at radius 3 is 2.45 bits per heavy atom. The van der Waals surface area contributed by atoms with Crippen molar-refractivity contribution < 1.29 is 9.59 Å². The van der Waals surface area contributed by atoms with Crippen molar-refractivity contribution in [1.29, 1.82) is 0 Å². The first-order valence-corrected chi connectivity index (χ1v) is 13.6. The van der Waals surface area contributed by atoms with E-state index in [2.05, 4.69) is 46.3 Å². The second kappa shape index (κ2) is 12.0. The van der Waals surface area contributed by atoms with Gasteiger partial charge in [-0.15, -0.1) is 0 Å². The van der Waals surface area contributed by atoms with E-state index in [0.29, 0.717) is 11.9 Å². The largest absolute Gasteiger partial charge is 0.349 e. The first kappa shape index (κ1) is 24.3. The lowest BCUT2D eigenvalue weighted by Crippen LogP contribution is -2.50. The number of fused-ring (bicyclic) bond motifs is 1. The molecule has 1 aromatic rings. The Hall–Kier alpha value is -1.88. The second-order valence-electron chi connectivity index (χ2n) is 10.4. The summed E-state index contributed by atoms with van der Waals surface area (Å²) >= 11 is 0. The van der Waals surface area contributed by atoms with Gasteiger partial charge in [-0.1, -0.05) is 50.5 Å². The normalized spacial score (nSPS) is 22.7. The van der Waals surface area contributed by atoms with Crippen LogP contribution in [0.4, 0.5) is 0 Å². The highest BCUT2D eigenvalue weighted by atomic mass is 16.2. The van der Waals surface area contributed by atoms with E-state index in [-0.39, 0.29) is 17.9 Å². The third-order valence-corrected chi connectivity index (χ3v) is 8.16. The van der Waals surface area contributed by atoms with Crippen LogP contribution < -0.4 is 5.32 Å². The SMILES string of the molecule is CCCCCCC(=O)N1CCC(N2CCC(C(=O)NC3CCCc4ccccc43)CC2)CC1. The summed E-state index contributed by atoms with van der Waals surface area (Å²) in [5.74, 6) is 0.740. The van der Waals surface area contributed by atoms with Gasteiger partial charge in [-0.3, -0.25) is 9.59 Å². The molecule has 1 unspecified atom stereocenters. The van der Waals surface area contributed by atoms with Crippen molar-refractivity contribution in [3.63, 3.8) is 0 Å². The second-order valence-corrected chi connectivity index (χ2v) is 10.4. The van der Waals surface area contributed by atoms with Gasteiger partial charge < -0.3 is 15.1 Å². The van der Waals surface area contributed by atoms with Crippen LogP contribution in [-0.2, 0) is 16.0 Å². The van der Waals surface area contributed by atoms with Crippen molar-refractivity contribution in [3.8, 4) is 0 Å². The minimum Gasteiger partial charge on any atom is -0.349 e. The standard InChI is InChI=1S/C28H43N3O2/c1-2-3-4-5-13-27(32)31-20-16-24(17-21-31)30-18-14-23(15-19-30)28(33)29-26-12-8-10-22-9-6-7-11-25(22)26/h6-7,9,11,23-24,26H,2-5,8,10,12-21H2,1H3,(H,29,33). The van der Waals surface area contributed by atoms with Gasteiger partial charge in [-0.05, 0) is 75.6 Å². The van der Waals surface area contributed by atoms with E-state index >= 15 is 0 Å². The van der Waals surface area contributed by atoms with Crippen LogP contribution in [0.1, 0.15) is 94.7 Å². The molecule has 1 N–H and O–H groups in total. The molecule has 0 spiro atoms. The van der Waals surface area contributed by atoms with Gasteiger partial charge in [0.1, 0.15) is 0 Å².